The quantitative estimate of drug-likeness (QED) is 0.781. The molecular weight excluding hydrogens is 369 g/mol. The van der Waals surface area contributed by atoms with Crippen LogP contribution in [0.4, 0.5) is 23.7 Å². The van der Waals surface area contributed by atoms with E-state index in [0.717, 1.165) is 12.0 Å². The largest absolute Gasteiger partial charge is 0.484 e. The SMILES string of the molecule is O=C(Nc1ccc(OCC(F)(F)F)cc1)N1CC[C@H]1c1ccc(Cl)cc1. The summed E-state index contributed by atoms with van der Waals surface area (Å²) in [5, 5.41) is 3.37. The van der Waals surface area contributed by atoms with Crippen LogP contribution >= 0.6 is 11.6 Å². The molecule has 1 N–H and O–H groups in total. The third-order valence-electron chi connectivity index (χ3n) is 4.04. The van der Waals surface area contributed by atoms with Gasteiger partial charge in [0.15, 0.2) is 6.61 Å². The molecular formula is C18H16ClF3N2O2. The maximum absolute atomic E-state index is 12.4. The first-order chi connectivity index (χ1) is 12.3. The van der Waals surface area contributed by atoms with E-state index in [1.165, 1.54) is 24.3 Å². The van der Waals surface area contributed by atoms with E-state index in [9.17, 15) is 18.0 Å². The number of carbonyl (C=O) groups excluding carboxylic acids is 1. The molecule has 26 heavy (non-hydrogen) atoms. The van der Waals surface area contributed by atoms with Crippen molar-refractivity contribution in [3.05, 3.63) is 59.1 Å². The van der Waals surface area contributed by atoms with Crippen LogP contribution in [-0.2, 0) is 0 Å². The van der Waals surface area contributed by atoms with Crippen molar-refractivity contribution < 1.29 is 22.7 Å². The number of amides is 2. The van der Waals surface area contributed by atoms with E-state index in [4.69, 9.17) is 11.6 Å². The minimum Gasteiger partial charge on any atom is -0.484 e. The highest BCUT2D eigenvalue weighted by molar-refractivity contribution is 6.30. The van der Waals surface area contributed by atoms with Crippen molar-refractivity contribution in [3.8, 4) is 5.75 Å². The Balaban J connectivity index is 1.57. The highest BCUT2D eigenvalue weighted by Crippen LogP contribution is 2.34. The molecule has 0 aliphatic carbocycles. The van der Waals surface area contributed by atoms with Crippen molar-refractivity contribution in [2.45, 2.75) is 18.6 Å². The molecule has 8 heteroatoms. The number of carbonyl (C=O) groups is 1. The van der Waals surface area contributed by atoms with Crippen molar-refractivity contribution in [2.24, 2.45) is 0 Å². The number of hydrogen-bond acceptors (Lipinski definition) is 2. The molecule has 0 bridgehead atoms. The van der Waals surface area contributed by atoms with Gasteiger partial charge in [-0.05, 0) is 48.4 Å². The fourth-order valence-corrected chi connectivity index (χ4v) is 2.78. The van der Waals surface area contributed by atoms with E-state index in [1.54, 1.807) is 17.0 Å². The second-order valence-corrected chi connectivity index (χ2v) is 6.34. The number of urea groups is 1. The molecule has 0 aromatic heterocycles. The molecule has 1 fully saturated rings. The van der Waals surface area contributed by atoms with Crippen molar-refractivity contribution in [3.63, 3.8) is 0 Å². The smallest absolute Gasteiger partial charge is 0.422 e. The summed E-state index contributed by atoms with van der Waals surface area (Å²) >= 11 is 5.88. The van der Waals surface area contributed by atoms with Crippen LogP contribution < -0.4 is 10.1 Å². The fraction of sp³-hybridized carbons (Fsp3) is 0.278. The number of rotatable bonds is 4. The summed E-state index contributed by atoms with van der Waals surface area (Å²) in [7, 11) is 0. The van der Waals surface area contributed by atoms with Gasteiger partial charge in [0.2, 0.25) is 0 Å². The monoisotopic (exact) mass is 384 g/mol. The van der Waals surface area contributed by atoms with Gasteiger partial charge in [0.25, 0.3) is 0 Å². The summed E-state index contributed by atoms with van der Waals surface area (Å²) in [4.78, 5) is 14.1. The van der Waals surface area contributed by atoms with Crippen LogP contribution in [0, 0.1) is 0 Å². The number of nitrogens with one attached hydrogen (secondary N) is 1. The Hall–Kier alpha value is -2.41. The van der Waals surface area contributed by atoms with Crippen molar-refractivity contribution in [2.75, 3.05) is 18.5 Å². The standard InChI is InChI=1S/C18H16ClF3N2O2/c19-13-3-1-12(2-4-13)16-9-10-24(16)17(25)23-14-5-7-15(8-6-14)26-11-18(20,21)22/h1-8,16H,9-11H2,(H,23,25)/t16-/m0/s1. The summed E-state index contributed by atoms with van der Waals surface area (Å²) in [5.74, 6) is 0.0864. The van der Waals surface area contributed by atoms with Gasteiger partial charge in [0.05, 0.1) is 6.04 Å². The number of likely N-dealkylation sites (tertiary alicyclic amines) is 1. The van der Waals surface area contributed by atoms with Gasteiger partial charge in [0.1, 0.15) is 5.75 Å². The van der Waals surface area contributed by atoms with Crippen LogP contribution in [-0.4, -0.2) is 30.3 Å². The third-order valence-corrected chi connectivity index (χ3v) is 4.30. The van der Waals surface area contributed by atoms with E-state index < -0.39 is 12.8 Å². The Morgan fingerprint density at radius 3 is 2.35 bits per heavy atom. The lowest BCUT2D eigenvalue weighted by atomic mass is 9.95. The first kappa shape index (κ1) is 18.4. The fourth-order valence-electron chi connectivity index (χ4n) is 2.66. The molecule has 1 atom stereocenters. The number of benzene rings is 2. The molecule has 1 heterocycles. The van der Waals surface area contributed by atoms with Gasteiger partial charge in [-0.1, -0.05) is 23.7 Å². The lowest BCUT2D eigenvalue weighted by molar-refractivity contribution is -0.153. The summed E-state index contributed by atoms with van der Waals surface area (Å²) in [6.07, 6.45) is -3.53. The Morgan fingerprint density at radius 2 is 1.81 bits per heavy atom. The molecule has 4 nitrogen and oxygen atoms in total. The predicted octanol–water partition coefficient (Wildman–Crippen LogP) is 5.26. The zero-order valence-electron chi connectivity index (χ0n) is 13.6. The van der Waals surface area contributed by atoms with Crippen LogP contribution in [0.3, 0.4) is 0 Å². The van der Waals surface area contributed by atoms with Gasteiger partial charge in [-0.3, -0.25) is 0 Å². The highest BCUT2D eigenvalue weighted by atomic mass is 35.5. The molecule has 0 radical (unpaired) electrons. The van der Waals surface area contributed by atoms with Crippen LogP contribution in [0.5, 0.6) is 5.75 Å². The van der Waals surface area contributed by atoms with Gasteiger partial charge in [-0.25, -0.2) is 4.79 Å². The summed E-state index contributed by atoms with van der Waals surface area (Å²) in [6, 6.07) is 12.8. The molecule has 1 aliphatic rings. The van der Waals surface area contributed by atoms with E-state index in [0.29, 0.717) is 17.3 Å². The summed E-state index contributed by atoms with van der Waals surface area (Å²) < 4.78 is 41.0. The van der Waals surface area contributed by atoms with Gasteiger partial charge in [-0.2, -0.15) is 13.2 Å². The molecule has 3 rings (SSSR count). The lowest BCUT2D eigenvalue weighted by Crippen LogP contribution is -2.47. The van der Waals surface area contributed by atoms with Crippen LogP contribution in [0.1, 0.15) is 18.0 Å². The number of halogens is 4. The normalized spacial score (nSPS) is 16.8. The highest BCUT2D eigenvalue weighted by Gasteiger charge is 2.33. The Kier molecular flexibility index (Phi) is 5.27. The lowest BCUT2D eigenvalue weighted by Gasteiger charge is -2.41. The van der Waals surface area contributed by atoms with Crippen molar-refractivity contribution in [1.82, 2.24) is 4.90 Å². The molecule has 0 unspecified atom stereocenters. The van der Waals surface area contributed by atoms with E-state index in [2.05, 4.69) is 10.1 Å². The second kappa shape index (κ2) is 7.45. The van der Waals surface area contributed by atoms with E-state index >= 15 is 0 Å². The molecule has 1 aliphatic heterocycles. The number of ether oxygens (including phenoxy) is 1. The average Bonchev–Trinajstić information content (AvgIpc) is 2.54. The zero-order valence-corrected chi connectivity index (χ0v) is 14.3. The maximum Gasteiger partial charge on any atom is 0.422 e. The first-order valence-electron chi connectivity index (χ1n) is 7.94. The molecule has 2 amide bonds. The number of alkyl halides is 3. The Bertz CT molecular complexity index is 764. The van der Waals surface area contributed by atoms with Gasteiger partial charge < -0.3 is 15.0 Å². The summed E-state index contributed by atoms with van der Waals surface area (Å²) in [6.45, 7) is -0.721. The predicted molar refractivity (Wildman–Crippen MR) is 92.5 cm³/mol. The zero-order chi connectivity index (χ0) is 18.7. The Labute approximate surface area is 153 Å². The third kappa shape index (κ3) is 4.60. The minimum atomic E-state index is -4.39. The molecule has 2 aromatic carbocycles. The number of nitrogens with zero attached hydrogens (tertiary/aromatic N) is 1. The minimum absolute atomic E-state index is 0.0124. The van der Waals surface area contributed by atoms with Gasteiger partial charge in [-0.15, -0.1) is 0 Å². The van der Waals surface area contributed by atoms with Crippen LogP contribution in [0.25, 0.3) is 0 Å². The number of hydrogen-bond donors (Lipinski definition) is 1. The average molecular weight is 385 g/mol. The topological polar surface area (TPSA) is 41.6 Å². The maximum atomic E-state index is 12.4. The van der Waals surface area contributed by atoms with Gasteiger partial charge in [0, 0.05) is 17.3 Å². The van der Waals surface area contributed by atoms with E-state index in [1.807, 2.05) is 12.1 Å². The first-order valence-corrected chi connectivity index (χ1v) is 8.32. The summed E-state index contributed by atoms with van der Waals surface area (Å²) in [5.41, 5.74) is 1.49. The molecule has 0 saturated carbocycles. The Morgan fingerprint density at radius 1 is 1.15 bits per heavy atom. The van der Waals surface area contributed by atoms with Crippen molar-refractivity contribution in [1.29, 1.82) is 0 Å². The van der Waals surface area contributed by atoms with Crippen LogP contribution in [0.15, 0.2) is 48.5 Å². The molecule has 0 spiro atoms. The molecule has 1 saturated heterocycles. The van der Waals surface area contributed by atoms with Gasteiger partial charge >= 0.3 is 12.2 Å². The second-order valence-electron chi connectivity index (χ2n) is 5.91. The molecule has 2 aromatic rings. The van der Waals surface area contributed by atoms with Crippen LogP contribution in [0.2, 0.25) is 5.02 Å². The number of anilines is 1. The van der Waals surface area contributed by atoms with Crippen molar-refractivity contribution >= 4 is 23.3 Å². The molecule has 138 valence electrons. The van der Waals surface area contributed by atoms with E-state index in [-0.39, 0.29) is 17.8 Å².